The third-order valence-electron chi connectivity index (χ3n) is 19.9. The summed E-state index contributed by atoms with van der Waals surface area (Å²) < 4.78 is 100. The number of amides is 3. The summed E-state index contributed by atoms with van der Waals surface area (Å²) in [6.07, 6.45) is -85.4. The molecular weight excluding hydrogens is 1480 g/mol. The lowest BCUT2D eigenvalue weighted by molar-refractivity contribution is -0.397. The van der Waals surface area contributed by atoms with Gasteiger partial charge in [-0.2, -0.15) is 0 Å². The van der Waals surface area contributed by atoms with Gasteiger partial charge in [-0.15, -0.1) is 0 Å². The number of carbonyl (C=O) groups excluding carboxylic acids is 3. The molecule has 108 heavy (non-hydrogen) atoms. The molecule has 9 aliphatic rings. The molecule has 0 aromatic heterocycles. The van der Waals surface area contributed by atoms with Crippen molar-refractivity contribution in [3.63, 3.8) is 0 Å². The number of ether oxygens (including phenoxy) is 17. The maximum absolute atomic E-state index is 13.5. The van der Waals surface area contributed by atoms with Crippen molar-refractivity contribution in [2.75, 3.05) is 52.9 Å². The molecule has 0 bridgehead atoms. The van der Waals surface area contributed by atoms with Crippen LogP contribution < -0.4 is 16.0 Å². The van der Waals surface area contributed by atoms with Crippen LogP contribution in [0.15, 0.2) is 0 Å². The van der Waals surface area contributed by atoms with Gasteiger partial charge in [0.2, 0.25) is 17.7 Å². The Morgan fingerprint density at radius 2 is 0.509 bits per heavy atom. The predicted molar refractivity (Wildman–Crippen MR) is 330 cm³/mol. The molecule has 0 aromatic carbocycles. The van der Waals surface area contributed by atoms with Crippen molar-refractivity contribution in [1.29, 1.82) is 0 Å². The van der Waals surface area contributed by atoms with E-state index in [1.165, 1.54) is 6.92 Å². The van der Waals surface area contributed by atoms with Gasteiger partial charge in [0.05, 0.1) is 59.0 Å². The molecule has 9 fully saturated rings. The average Bonchev–Trinajstić information content (AvgIpc) is 0.739. The largest absolute Gasteiger partial charge is 0.394 e. The van der Waals surface area contributed by atoms with Gasteiger partial charge in [0.25, 0.3) is 0 Å². The Bertz CT molecular complexity index is 2820. The van der Waals surface area contributed by atoms with Gasteiger partial charge >= 0.3 is 0 Å². The molecular formula is C60H101N3O45. The molecule has 48 heteroatoms. The van der Waals surface area contributed by atoms with Crippen molar-refractivity contribution in [2.45, 2.75) is 304 Å². The second kappa shape index (κ2) is 38.5. The third-order valence-corrected chi connectivity index (χ3v) is 19.9. The zero-order chi connectivity index (χ0) is 79.5. The van der Waals surface area contributed by atoms with E-state index in [-0.39, 0.29) is 0 Å². The first-order chi connectivity index (χ1) is 51.1. The summed E-state index contributed by atoms with van der Waals surface area (Å²) in [6, 6.07) is -5.81. The van der Waals surface area contributed by atoms with Crippen LogP contribution in [0.2, 0.25) is 0 Å². The van der Waals surface area contributed by atoms with Gasteiger partial charge in [0.15, 0.2) is 56.6 Å². The van der Waals surface area contributed by atoms with Gasteiger partial charge in [0, 0.05) is 20.8 Å². The van der Waals surface area contributed by atoms with Crippen molar-refractivity contribution in [1.82, 2.24) is 16.0 Å². The van der Waals surface area contributed by atoms with Crippen LogP contribution in [0.4, 0.5) is 0 Å². The van der Waals surface area contributed by atoms with Crippen LogP contribution in [0.5, 0.6) is 0 Å². The van der Waals surface area contributed by atoms with Crippen LogP contribution in [0.3, 0.4) is 0 Å². The number of nitrogens with one attached hydrogen (secondary N) is 3. The third kappa shape index (κ3) is 19.0. The quantitative estimate of drug-likeness (QED) is 0.0363. The van der Waals surface area contributed by atoms with Crippen molar-refractivity contribution in [2.24, 2.45) is 0 Å². The van der Waals surface area contributed by atoms with Crippen LogP contribution in [0, 0.1) is 0 Å². The Hall–Kier alpha value is -3.27. The fourth-order valence-electron chi connectivity index (χ4n) is 14.1. The van der Waals surface area contributed by atoms with E-state index in [1.54, 1.807) is 0 Å². The van der Waals surface area contributed by atoms with Crippen molar-refractivity contribution in [3.05, 3.63) is 0 Å². The number of aliphatic hydroxyl groups excluding tert-OH is 25. The normalized spacial score (nSPS) is 50.4. The minimum Gasteiger partial charge on any atom is -0.394 e. The fourth-order valence-corrected chi connectivity index (χ4v) is 14.1. The van der Waals surface area contributed by atoms with Crippen molar-refractivity contribution in [3.8, 4) is 0 Å². The SMILES string of the molecule is CC(=O)N[C@H]1[C@H](O[C@H]2[C@@H](O)[C@@H](CO)O[C@@H](O[C@H]3[C@H](O)[C@@H](O)C(O)O[C@@H]3CO)[C@@H]2O)O[C@H](CO)[C@@H](O[C@@H]2O[C@H](CO)[C@H](O)[C@H](O[C@@H]3O[C@H](CO)[C@@H](O[C@@H]4O[C@H](CO)[C@H](O)[C@H](O[C@@H]5O[C@H](CO)[C@@H](O)[C@H](O[C@@H]6O[C@H](CO)[C@H](O)[C@H](O)[C@H]6O)[C@H]5NC(C)=O)[C@H]4O)[C@H](O[C@@H]4O[C@@H](C)[C@@H](O)[C@@H](O)[C@@H]4O)[C@H]3NC(C)=O)[C@H]2O)[C@@H]1O. The van der Waals surface area contributed by atoms with E-state index < -0.39 is 347 Å². The monoisotopic (exact) mass is 1580 g/mol. The van der Waals surface area contributed by atoms with E-state index >= 15 is 0 Å². The van der Waals surface area contributed by atoms with Gasteiger partial charge in [0.1, 0.15) is 213 Å². The number of carbonyl (C=O) groups is 3. The molecule has 3 amide bonds. The standard InChI is InChI=1S/C60H101N3O45/c1-13-28(75)35(82)39(86)56(92-13)105-48-27(63-16(4)74)55(100-24(12-71)46(48)103-60-43(90)51(33(80)21(9-68)98-60)107-54-26(62-15(3)73)47(30(77)18(6-65)94-54)104-57-40(87)36(83)29(76)17(5-64)95-57)108-50-32(79)20(8-67)96-58(42(50)89)101-44-23(11-70)99-53(25(34(44)81)61-14(2)72)106-49-31(78)19(7-66)97-59(41(49)88)102-45-22(10-69)93-52(91)38(85)37(45)84/h13,17-60,64-71,75-91H,5-12H2,1-4H3,(H,61,72)(H,62,73)(H,63,74)/t13-,17+,18+,19+,20+,21+,22+,23+,24+,25+,26+,27+,28+,29-,30+,31-,32-,33-,34+,35+,36-,37+,38+,39-,40+,41+,42+,43+,44+,45+,46+,47+,48+,49-,50-,51-,52?,53-,54-,55-,56-,57-,58-,59-,60-/m0/s1. The highest BCUT2D eigenvalue weighted by Crippen LogP contribution is 2.41. The van der Waals surface area contributed by atoms with Crippen LogP contribution in [-0.4, -0.2) is 474 Å². The summed E-state index contributed by atoms with van der Waals surface area (Å²) in [7, 11) is 0. The first-order valence-corrected chi connectivity index (χ1v) is 34.5. The smallest absolute Gasteiger partial charge is 0.217 e. The van der Waals surface area contributed by atoms with E-state index in [2.05, 4.69) is 16.0 Å². The van der Waals surface area contributed by atoms with Gasteiger partial charge in [-0.3, -0.25) is 14.4 Å². The highest BCUT2D eigenvalue weighted by Gasteiger charge is 2.62. The summed E-state index contributed by atoms with van der Waals surface area (Å²) >= 11 is 0. The molecule has 0 radical (unpaired) electrons. The molecule has 9 rings (SSSR count). The maximum atomic E-state index is 13.5. The van der Waals surface area contributed by atoms with E-state index in [1.807, 2.05) is 0 Å². The first-order valence-electron chi connectivity index (χ1n) is 34.5. The minimum absolute atomic E-state index is 0.912. The minimum atomic E-state index is -2.43. The molecule has 48 nitrogen and oxygen atoms in total. The van der Waals surface area contributed by atoms with Crippen LogP contribution in [0.25, 0.3) is 0 Å². The average molecular weight is 1580 g/mol. The van der Waals surface area contributed by atoms with Crippen molar-refractivity contribution >= 4 is 17.7 Å². The second-order valence-corrected chi connectivity index (χ2v) is 27.4. The first kappa shape index (κ1) is 88.7. The van der Waals surface area contributed by atoms with E-state index in [4.69, 9.17) is 80.5 Å². The highest BCUT2D eigenvalue weighted by molar-refractivity contribution is 5.74. The van der Waals surface area contributed by atoms with E-state index in [0.29, 0.717) is 0 Å². The Morgan fingerprint density at radius 3 is 0.917 bits per heavy atom. The van der Waals surface area contributed by atoms with Crippen molar-refractivity contribution < 1.29 is 223 Å². The number of hydrogen-bond donors (Lipinski definition) is 28. The predicted octanol–water partition coefficient (Wildman–Crippen LogP) is -19.2. The fraction of sp³-hybridized carbons (Fsp3) is 0.950. The van der Waals surface area contributed by atoms with Gasteiger partial charge < -0.3 is 224 Å². The topological polar surface area (TPSA) is 750 Å². The Balaban J connectivity index is 0.991. The summed E-state index contributed by atoms with van der Waals surface area (Å²) in [6.45, 7) is -4.69. The lowest BCUT2D eigenvalue weighted by Crippen LogP contribution is -2.72. The molecule has 626 valence electrons. The lowest BCUT2D eigenvalue weighted by atomic mass is 9.93. The molecule has 0 aromatic rings. The maximum Gasteiger partial charge on any atom is 0.217 e. The number of rotatable bonds is 27. The molecule has 45 atom stereocenters. The molecule has 0 aliphatic carbocycles. The lowest BCUT2D eigenvalue weighted by Gasteiger charge is -2.52. The Morgan fingerprint density at radius 1 is 0.241 bits per heavy atom. The Kier molecular flexibility index (Phi) is 31.6. The summed E-state index contributed by atoms with van der Waals surface area (Å²) in [5, 5.41) is 282. The van der Waals surface area contributed by atoms with Gasteiger partial charge in [-0.1, -0.05) is 0 Å². The number of hydrogen-bond acceptors (Lipinski definition) is 45. The van der Waals surface area contributed by atoms with Crippen LogP contribution >= 0.6 is 0 Å². The molecule has 9 heterocycles. The van der Waals surface area contributed by atoms with Gasteiger partial charge in [-0.05, 0) is 6.92 Å². The van der Waals surface area contributed by atoms with Crippen LogP contribution in [0.1, 0.15) is 27.7 Å². The molecule has 0 saturated carbocycles. The summed E-state index contributed by atoms with van der Waals surface area (Å²) in [5.74, 6) is -2.86. The molecule has 28 N–H and O–H groups in total. The van der Waals surface area contributed by atoms with Gasteiger partial charge in [-0.25, -0.2) is 0 Å². The van der Waals surface area contributed by atoms with Crippen LogP contribution in [-0.2, 0) is 94.9 Å². The van der Waals surface area contributed by atoms with E-state index in [9.17, 15) is 142 Å². The molecule has 9 saturated heterocycles. The molecule has 9 aliphatic heterocycles. The zero-order valence-corrected chi connectivity index (χ0v) is 58.0. The second-order valence-electron chi connectivity index (χ2n) is 27.4. The molecule has 1 unspecified atom stereocenters. The van der Waals surface area contributed by atoms with E-state index in [0.717, 1.165) is 20.8 Å². The molecule has 0 spiro atoms. The Labute approximate surface area is 611 Å². The zero-order valence-electron chi connectivity index (χ0n) is 58.0. The summed E-state index contributed by atoms with van der Waals surface area (Å²) in [4.78, 5) is 39.3. The summed E-state index contributed by atoms with van der Waals surface area (Å²) in [5.41, 5.74) is 0. The highest BCUT2D eigenvalue weighted by atomic mass is 16.8. The number of aliphatic hydroxyl groups is 25.